The molecule has 0 heterocycles. The zero-order valence-electron chi connectivity index (χ0n) is 4.37. The maximum atomic E-state index is 8.59. The van der Waals surface area contributed by atoms with E-state index in [1.54, 1.807) is 0 Å². The van der Waals surface area contributed by atoms with Gasteiger partial charge >= 0.3 is 0 Å². The van der Waals surface area contributed by atoms with E-state index >= 15 is 0 Å². The van der Waals surface area contributed by atoms with Gasteiger partial charge in [-0.3, -0.25) is 5.73 Å². The molecule has 5 heteroatoms. The van der Waals surface area contributed by atoms with E-state index in [-0.39, 0.29) is 0 Å². The maximum Gasteiger partial charge on any atom is 0.259 e. The molecule has 0 aromatic carbocycles. The highest BCUT2D eigenvalue weighted by Crippen LogP contribution is 2.17. The van der Waals surface area contributed by atoms with E-state index in [1.807, 2.05) is 0 Å². The number of thiol groups is 1. The van der Waals surface area contributed by atoms with Crippen LogP contribution in [-0.2, 0) is 0 Å². The zero-order chi connectivity index (χ0) is 7.00. The van der Waals surface area contributed by atoms with Crippen LogP contribution in [0.1, 0.15) is 6.92 Å². The Kier molecular flexibility index (Phi) is 1.90. The average molecular weight is 139 g/mol. The van der Waals surface area contributed by atoms with Crippen LogP contribution < -0.4 is 5.73 Å². The first-order chi connectivity index (χ1) is 3.25. The fourth-order valence-corrected chi connectivity index (χ4v) is 0. The molecule has 0 aromatic heterocycles. The molecular formula is C3H9NO3S. The fourth-order valence-electron chi connectivity index (χ4n) is 0. The van der Waals surface area contributed by atoms with Crippen molar-refractivity contribution < 1.29 is 15.3 Å². The summed E-state index contributed by atoms with van der Waals surface area (Å²) in [6.45, 7) is 1.07. The van der Waals surface area contributed by atoms with Crippen molar-refractivity contribution in [2.24, 2.45) is 5.73 Å². The van der Waals surface area contributed by atoms with Crippen molar-refractivity contribution in [3.05, 3.63) is 0 Å². The second kappa shape index (κ2) is 1.85. The molecular weight excluding hydrogens is 130 g/mol. The van der Waals surface area contributed by atoms with Gasteiger partial charge in [0.1, 0.15) is 0 Å². The smallest absolute Gasteiger partial charge is 0.259 e. The molecule has 1 atom stereocenters. The van der Waals surface area contributed by atoms with E-state index in [0.29, 0.717) is 0 Å². The van der Waals surface area contributed by atoms with E-state index in [0.717, 1.165) is 6.92 Å². The second-order valence-electron chi connectivity index (χ2n) is 1.75. The molecule has 0 radical (unpaired) electrons. The molecule has 0 aromatic rings. The topological polar surface area (TPSA) is 86.7 Å². The van der Waals surface area contributed by atoms with E-state index in [2.05, 4.69) is 18.4 Å². The Morgan fingerprint density at radius 2 is 1.50 bits per heavy atom. The van der Waals surface area contributed by atoms with Crippen LogP contribution in [0.4, 0.5) is 0 Å². The van der Waals surface area contributed by atoms with Crippen LogP contribution in [0.5, 0.6) is 0 Å². The van der Waals surface area contributed by atoms with Gasteiger partial charge in [0.25, 0.3) is 5.91 Å². The third kappa shape index (κ3) is 1.97. The van der Waals surface area contributed by atoms with Gasteiger partial charge in [-0.25, -0.2) is 0 Å². The summed E-state index contributed by atoms with van der Waals surface area (Å²) in [5, 5.41) is 25.3. The Labute approximate surface area is 52.3 Å². The van der Waals surface area contributed by atoms with Crippen LogP contribution in [0.25, 0.3) is 0 Å². The maximum absolute atomic E-state index is 8.59. The molecule has 0 fully saturated rings. The van der Waals surface area contributed by atoms with E-state index in [1.165, 1.54) is 0 Å². The van der Waals surface area contributed by atoms with Crippen molar-refractivity contribution in [1.29, 1.82) is 0 Å². The summed E-state index contributed by atoms with van der Waals surface area (Å²) in [5.41, 5.74) is 4.60. The summed E-state index contributed by atoms with van der Waals surface area (Å²) >= 11 is 3.37. The number of rotatable bonds is 1. The summed E-state index contributed by atoms with van der Waals surface area (Å²) in [6, 6.07) is 0. The monoisotopic (exact) mass is 139 g/mol. The summed E-state index contributed by atoms with van der Waals surface area (Å²) < 4.78 is 0. The van der Waals surface area contributed by atoms with Gasteiger partial charge in [0.15, 0.2) is 4.93 Å². The molecule has 0 aliphatic heterocycles. The summed E-state index contributed by atoms with van der Waals surface area (Å²) in [5.74, 6) is -2.64. The SMILES string of the molecule is C[C@@](O)(S)C(N)(O)O. The molecule has 0 aliphatic rings. The van der Waals surface area contributed by atoms with Crippen molar-refractivity contribution >= 4 is 12.6 Å². The molecule has 0 saturated heterocycles. The molecule has 0 aliphatic carbocycles. The third-order valence-corrected chi connectivity index (χ3v) is 1.03. The molecule has 0 amide bonds. The first kappa shape index (κ1) is 8.19. The highest BCUT2D eigenvalue weighted by atomic mass is 32.1. The van der Waals surface area contributed by atoms with Crippen LogP contribution in [0.2, 0.25) is 0 Å². The third-order valence-electron chi connectivity index (χ3n) is 0.697. The largest absolute Gasteiger partial charge is 0.373 e. The van der Waals surface area contributed by atoms with Crippen LogP contribution in [0, 0.1) is 0 Å². The number of aliphatic hydroxyl groups is 3. The Balaban J connectivity index is 4.02. The van der Waals surface area contributed by atoms with Gasteiger partial charge in [-0.15, -0.1) is 12.6 Å². The summed E-state index contributed by atoms with van der Waals surface area (Å²) in [7, 11) is 0. The first-order valence-electron chi connectivity index (χ1n) is 1.93. The molecule has 0 bridgehead atoms. The first-order valence-corrected chi connectivity index (χ1v) is 2.38. The Hall–Kier alpha value is 0.190. The van der Waals surface area contributed by atoms with Crippen LogP contribution in [0.15, 0.2) is 0 Å². The minimum absolute atomic E-state index is 1.07. The minimum Gasteiger partial charge on any atom is -0.373 e. The number of hydrogen-bond acceptors (Lipinski definition) is 5. The summed E-state index contributed by atoms with van der Waals surface area (Å²) in [4.78, 5) is -1.98. The van der Waals surface area contributed by atoms with E-state index in [4.69, 9.17) is 15.3 Å². The van der Waals surface area contributed by atoms with Gasteiger partial charge in [0, 0.05) is 0 Å². The lowest BCUT2D eigenvalue weighted by Gasteiger charge is -2.27. The van der Waals surface area contributed by atoms with E-state index < -0.39 is 10.8 Å². The van der Waals surface area contributed by atoms with Crippen LogP contribution in [-0.4, -0.2) is 26.2 Å². The van der Waals surface area contributed by atoms with Crippen molar-refractivity contribution in [3.8, 4) is 0 Å². The van der Waals surface area contributed by atoms with Crippen molar-refractivity contribution in [2.45, 2.75) is 17.8 Å². The Morgan fingerprint density at radius 3 is 1.50 bits per heavy atom. The van der Waals surface area contributed by atoms with Crippen molar-refractivity contribution in [2.75, 3.05) is 0 Å². The lowest BCUT2D eigenvalue weighted by Crippen LogP contribution is -2.55. The standard InChI is InChI=1S/C3H9NO3S/c1-2(5,8)3(4,6)7/h5-8H,4H2,1H3/t2-/m1/s1. The van der Waals surface area contributed by atoms with Gasteiger partial charge in [0.05, 0.1) is 0 Å². The second-order valence-corrected chi connectivity index (χ2v) is 2.62. The molecule has 4 nitrogen and oxygen atoms in total. The highest BCUT2D eigenvalue weighted by molar-refractivity contribution is 7.81. The van der Waals surface area contributed by atoms with Crippen LogP contribution >= 0.6 is 12.6 Å². The molecule has 8 heavy (non-hydrogen) atoms. The zero-order valence-corrected chi connectivity index (χ0v) is 5.26. The molecule has 50 valence electrons. The number of hydrogen-bond donors (Lipinski definition) is 5. The Bertz CT molecular complexity index is 69.5. The number of nitrogens with two attached hydrogens (primary N) is 1. The van der Waals surface area contributed by atoms with E-state index in [9.17, 15) is 0 Å². The predicted octanol–water partition coefficient (Wildman–Crippen LogP) is -1.78. The molecule has 5 N–H and O–H groups in total. The quantitative estimate of drug-likeness (QED) is 0.220. The van der Waals surface area contributed by atoms with Gasteiger partial charge in [-0.1, -0.05) is 0 Å². The van der Waals surface area contributed by atoms with Gasteiger partial charge in [-0.05, 0) is 6.92 Å². The predicted molar refractivity (Wildman–Crippen MR) is 31.0 cm³/mol. The van der Waals surface area contributed by atoms with Crippen LogP contribution in [0.3, 0.4) is 0 Å². The van der Waals surface area contributed by atoms with Gasteiger partial charge in [0.2, 0.25) is 0 Å². The lowest BCUT2D eigenvalue weighted by atomic mass is 10.3. The highest BCUT2D eigenvalue weighted by Gasteiger charge is 2.37. The summed E-state index contributed by atoms with van der Waals surface area (Å²) in [6.07, 6.45) is 0. The van der Waals surface area contributed by atoms with Gasteiger partial charge < -0.3 is 15.3 Å². The fraction of sp³-hybridized carbons (Fsp3) is 1.00. The van der Waals surface area contributed by atoms with Gasteiger partial charge in [-0.2, -0.15) is 0 Å². The lowest BCUT2D eigenvalue weighted by molar-refractivity contribution is -0.228. The minimum atomic E-state index is -2.64. The normalized spacial score (nSPS) is 20.2. The molecule has 0 saturated carbocycles. The average Bonchev–Trinajstić information content (AvgIpc) is 1.25. The molecule has 0 spiro atoms. The molecule has 0 unspecified atom stereocenters. The van der Waals surface area contributed by atoms with Crippen molar-refractivity contribution in [3.63, 3.8) is 0 Å². The Morgan fingerprint density at radius 1 is 1.38 bits per heavy atom. The van der Waals surface area contributed by atoms with Crippen molar-refractivity contribution in [1.82, 2.24) is 0 Å². The molecule has 0 rings (SSSR count).